The highest BCUT2D eigenvalue weighted by molar-refractivity contribution is 8.00. The first-order valence-electron chi connectivity index (χ1n) is 9.65. The lowest BCUT2D eigenvalue weighted by atomic mass is 9.89. The highest BCUT2D eigenvalue weighted by Gasteiger charge is 2.27. The monoisotopic (exact) mass is 431 g/mol. The second-order valence-corrected chi connectivity index (χ2v) is 9.52. The summed E-state index contributed by atoms with van der Waals surface area (Å²) in [5, 5.41) is 2.40. The van der Waals surface area contributed by atoms with Gasteiger partial charge in [-0.3, -0.25) is 9.59 Å². The van der Waals surface area contributed by atoms with Gasteiger partial charge in [0.1, 0.15) is 11.1 Å². The average molecular weight is 432 g/mol. The molecule has 0 heterocycles. The molecule has 4 nitrogen and oxygen atoms in total. The molecule has 1 aromatic rings. The Morgan fingerprint density at radius 2 is 1.93 bits per heavy atom. The van der Waals surface area contributed by atoms with Gasteiger partial charge in [-0.1, -0.05) is 59.6 Å². The summed E-state index contributed by atoms with van der Waals surface area (Å²) >= 11 is 7.44. The van der Waals surface area contributed by atoms with Crippen LogP contribution in [0.15, 0.2) is 17.0 Å². The minimum absolute atomic E-state index is 0.0595. The molecule has 0 spiro atoms. The van der Waals surface area contributed by atoms with E-state index in [0.717, 1.165) is 6.42 Å². The molecule has 0 aliphatic heterocycles. The molecule has 28 heavy (non-hydrogen) atoms. The van der Waals surface area contributed by atoms with Crippen molar-refractivity contribution in [3.63, 3.8) is 0 Å². The number of thioether (sulfide) groups is 1. The summed E-state index contributed by atoms with van der Waals surface area (Å²) in [6, 6.07) is 2.66. The maximum atomic E-state index is 14.3. The van der Waals surface area contributed by atoms with E-state index in [1.807, 2.05) is 27.7 Å². The Hall–Kier alpha value is -1.27. The van der Waals surface area contributed by atoms with Crippen molar-refractivity contribution in [1.82, 2.24) is 0 Å². The Bertz CT molecular complexity index is 694. The molecular formula is C21H31ClFNO3S. The predicted octanol–water partition coefficient (Wildman–Crippen LogP) is 6.31. The fraction of sp³-hybridized carbons (Fsp3) is 0.619. The van der Waals surface area contributed by atoms with Crippen LogP contribution in [-0.4, -0.2) is 23.7 Å². The van der Waals surface area contributed by atoms with Crippen LogP contribution in [0.25, 0.3) is 0 Å². The summed E-state index contributed by atoms with van der Waals surface area (Å²) < 4.78 is 19.7. The van der Waals surface area contributed by atoms with Gasteiger partial charge in [-0.15, -0.1) is 11.8 Å². The number of anilines is 1. The van der Waals surface area contributed by atoms with Gasteiger partial charge in [-0.25, -0.2) is 4.39 Å². The number of ether oxygens (including phenoxy) is 1. The van der Waals surface area contributed by atoms with Gasteiger partial charge in [0, 0.05) is 10.3 Å². The van der Waals surface area contributed by atoms with Crippen molar-refractivity contribution in [2.45, 2.75) is 71.0 Å². The van der Waals surface area contributed by atoms with Gasteiger partial charge in [0.05, 0.1) is 17.3 Å². The van der Waals surface area contributed by atoms with Crippen molar-refractivity contribution >= 4 is 40.9 Å². The molecule has 1 rings (SSSR count). The molecule has 1 N–H and O–H groups in total. The molecule has 0 aliphatic rings. The van der Waals surface area contributed by atoms with Crippen LogP contribution in [0.4, 0.5) is 10.1 Å². The minimum atomic E-state index is -0.620. The van der Waals surface area contributed by atoms with Crippen LogP contribution in [0.5, 0.6) is 0 Å². The van der Waals surface area contributed by atoms with Gasteiger partial charge in [-0.05, 0) is 30.9 Å². The second-order valence-electron chi connectivity index (χ2n) is 7.87. The first-order valence-corrected chi connectivity index (χ1v) is 10.9. The van der Waals surface area contributed by atoms with Crippen molar-refractivity contribution in [3.05, 3.63) is 23.0 Å². The zero-order valence-corrected chi connectivity index (χ0v) is 19.1. The van der Waals surface area contributed by atoms with Crippen molar-refractivity contribution in [1.29, 1.82) is 0 Å². The first kappa shape index (κ1) is 24.8. The van der Waals surface area contributed by atoms with Crippen LogP contribution < -0.4 is 5.32 Å². The largest absolute Gasteiger partial charge is 0.465 e. The van der Waals surface area contributed by atoms with Crippen LogP contribution in [-0.2, 0) is 14.3 Å². The number of hydrogen-bond donors (Lipinski definition) is 1. The summed E-state index contributed by atoms with van der Waals surface area (Å²) in [6.07, 6.45) is 2.03. The van der Waals surface area contributed by atoms with Crippen molar-refractivity contribution in [2.75, 3.05) is 11.9 Å². The van der Waals surface area contributed by atoms with Gasteiger partial charge >= 0.3 is 5.97 Å². The normalized spacial score (nSPS) is 12.8. The Balaban J connectivity index is 3.05. The molecule has 0 bridgehead atoms. The third-order valence-electron chi connectivity index (χ3n) is 4.41. The van der Waals surface area contributed by atoms with E-state index in [4.69, 9.17) is 16.3 Å². The zero-order chi connectivity index (χ0) is 21.5. The zero-order valence-electron chi connectivity index (χ0n) is 17.5. The first-order chi connectivity index (χ1) is 13.0. The fourth-order valence-electron chi connectivity index (χ4n) is 2.15. The van der Waals surface area contributed by atoms with E-state index in [-0.39, 0.29) is 28.5 Å². The third-order valence-corrected chi connectivity index (χ3v) is 6.14. The molecule has 0 fully saturated rings. The summed E-state index contributed by atoms with van der Waals surface area (Å²) in [4.78, 5) is 25.4. The van der Waals surface area contributed by atoms with Crippen LogP contribution in [0, 0.1) is 17.2 Å². The van der Waals surface area contributed by atoms with Crippen molar-refractivity contribution < 1.29 is 18.7 Å². The summed E-state index contributed by atoms with van der Waals surface area (Å²) in [7, 11) is 0. The molecule has 0 aliphatic carbocycles. The van der Waals surface area contributed by atoms with Gasteiger partial charge in [0.2, 0.25) is 5.91 Å². The highest BCUT2D eigenvalue weighted by atomic mass is 35.5. The molecular weight excluding hydrogens is 401 g/mol. The van der Waals surface area contributed by atoms with Crippen LogP contribution in [0.2, 0.25) is 5.02 Å². The minimum Gasteiger partial charge on any atom is -0.465 e. The summed E-state index contributed by atoms with van der Waals surface area (Å²) in [5.41, 5.74) is -0.561. The molecule has 1 amide bonds. The summed E-state index contributed by atoms with van der Waals surface area (Å²) in [5.74, 6) is -0.939. The molecule has 7 heteroatoms. The average Bonchev–Trinajstić information content (AvgIpc) is 2.62. The molecule has 1 aromatic carbocycles. The highest BCUT2D eigenvalue weighted by Crippen LogP contribution is 2.37. The number of carbonyl (C=O) groups excluding carboxylic acids is 2. The number of halogens is 2. The maximum absolute atomic E-state index is 14.3. The SMILES string of the molecule is CCCC(Sc1cc(NC(=O)C(C)(C)CC)c(F)cc1Cl)C(=O)OCC(C)C. The van der Waals surface area contributed by atoms with Crippen LogP contribution in [0.1, 0.15) is 60.8 Å². The van der Waals surface area contributed by atoms with E-state index in [9.17, 15) is 14.0 Å². The quantitative estimate of drug-likeness (QED) is 0.348. The van der Waals surface area contributed by atoms with E-state index >= 15 is 0 Å². The van der Waals surface area contributed by atoms with E-state index in [1.54, 1.807) is 13.8 Å². The van der Waals surface area contributed by atoms with Gasteiger partial charge in [0.15, 0.2) is 0 Å². The number of hydrogen-bond acceptors (Lipinski definition) is 4. The van der Waals surface area contributed by atoms with Crippen LogP contribution in [0.3, 0.4) is 0 Å². The van der Waals surface area contributed by atoms with E-state index < -0.39 is 16.5 Å². The van der Waals surface area contributed by atoms with Crippen LogP contribution >= 0.6 is 23.4 Å². The third kappa shape index (κ3) is 7.28. The standard InChI is InChI=1S/C21H31ClFNO3S/c1-7-9-17(19(25)27-12-13(3)4)28-18-11-16(15(23)10-14(18)22)24-20(26)21(5,6)8-2/h10-11,13,17H,7-9,12H2,1-6H3,(H,24,26). The van der Waals surface area contributed by atoms with Gasteiger partial charge in [-0.2, -0.15) is 0 Å². The number of benzene rings is 1. The molecule has 1 atom stereocenters. The summed E-state index contributed by atoms with van der Waals surface area (Å²) in [6.45, 7) is 11.8. The number of nitrogens with one attached hydrogen (secondary N) is 1. The van der Waals surface area contributed by atoms with Gasteiger partial charge < -0.3 is 10.1 Å². The predicted molar refractivity (Wildman–Crippen MR) is 114 cm³/mol. The Labute approximate surface area is 176 Å². The molecule has 0 aromatic heterocycles. The fourth-order valence-corrected chi connectivity index (χ4v) is 3.62. The maximum Gasteiger partial charge on any atom is 0.319 e. The smallest absolute Gasteiger partial charge is 0.319 e. The lowest BCUT2D eigenvalue weighted by Crippen LogP contribution is -2.30. The lowest BCUT2D eigenvalue weighted by Gasteiger charge is -2.22. The number of rotatable bonds is 10. The molecule has 0 saturated heterocycles. The van der Waals surface area contributed by atoms with Gasteiger partial charge in [0.25, 0.3) is 0 Å². The van der Waals surface area contributed by atoms with E-state index in [0.29, 0.717) is 24.3 Å². The van der Waals surface area contributed by atoms with Crippen molar-refractivity contribution in [2.24, 2.45) is 11.3 Å². The molecule has 0 saturated carbocycles. The topological polar surface area (TPSA) is 55.4 Å². The lowest BCUT2D eigenvalue weighted by molar-refractivity contribution is -0.144. The molecule has 0 radical (unpaired) electrons. The number of amides is 1. The molecule has 1 unspecified atom stereocenters. The van der Waals surface area contributed by atoms with Crippen molar-refractivity contribution in [3.8, 4) is 0 Å². The van der Waals surface area contributed by atoms with E-state index in [1.165, 1.54) is 23.9 Å². The Kier molecular flexibility index (Phi) is 9.78. The number of carbonyl (C=O) groups is 2. The Morgan fingerprint density at radius 1 is 1.29 bits per heavy atom. The second kappa shape index (κ2) is 11.1. The Morgan fingerprint density at radius 3 is 2.46 bits per heavy atom. The van der Waals surface area contributed by atoms with E-state index in [2.05, 4.69) is 5.32 Å². The molecule has 158 valence electrons. The number of esters is 1.